The second kappa shape index (κ2) is 11.2. The maximum atomic E-state index is 10.4. The monoisotopic (exact) mass is 421 g/mol. The lowest BCUT2D eigenvalue weighted by Crippen LogP contribution is -2.33. The van der Waals surface area contributed by atoms with Gasteiger partial charge in [-0.05, 0) is 41.7 Å². The number of aliphatic carboxylic acids is 1. The van der Waals surface area contributed by atoms with Crippen LogP contribution in [0.5, 0.6) is 0 Å². The van der Waals surface area contributed by atoms with Crippen molar-refractivity contribution in [1.82, 2.24) is 4.90 Å². The van der Waals surface area contributed by atoms with Crippen molar-refractivity contribution in [2.75, 3.05) is 32.8 Å². The van der Waals surface area contributed by atoms with E-state index in [9.17, 15) is 4.79 Å². The molecule has 1 saturated heterocycles. The lowest BCUT2D eigenvalue weighted by Gasteiger charge is -2.28. The summed E-state index contributed by atoms with van der Waals surface area (Å²) in [6.45, 7) is 3.02. The van der Waals surface area contributed by atoms with Crippen LogP contribution >= 0.6 is 24.0 Å². The van der Waals surface area contributed by atoms with Crippen LogP contribution in [-0.4, -0.2) is 48.8 Å². The highest BCUT2D eigenvalue weighted by Gasteiger charge is 2.13. The number of hydrogen-bond acceptors (Lipinski definition) is 3. The van der Waals surface area contributed by atoms with Gasteiger partial charge in [0.2, 0.25) is 0 Å². The molecule has 28 heavy (non-hydrogen) atoms. The molecule has 0 radical (unpaired) electrons. The Hall–Kier alpha value is -1.85. The molecule has 0 atom stereocenters. The summed E-state index contributed by atoms with van der Waals surface area (Å²) in [5, 5.41) is 9.32. The average Bonchev–Trinajstić information content (AvgIpc) is 2.68. The number of carboxylic acid groups (broad SMARTS) is 1. The highest BCUT2D eigenvalue weighted by molar-refractivity contribution is 6.30. The van der Waals surface area contributed by atoms with Crippen molar-refractivity contribution >= 4 is 36.1 Å². The molecule has 2 aromatic carbocycles. The fraction of sp³-hybridized carbons (Fsp3) is 0.318. The minimum absolute atomic E-state index is 0. The quantitative estimate of drug-likeness (QED) is 0.638. The first-order chi connectivity index (χ1) is 13.1. The van der Waals surface area contributed by atoms with E-state index in [1.807, 2.05) is 24.3 Å². The zero-order valence-electron chi connectivity index (χ0n) is 15.6. The number of nitrogens with zero attached hydrogens (tertiary/aromatic N) is 1. The standard InChI is InChI=1S/C22H24ClNO3.ClH/c23-21-7-5-20(6-8-21)19-3-1-17(2-4-19)15-18-9-11-24(12-10-18)13-14-27-16-22(25)26;/h1-8,15H,9-14,16H2,(H,25,26);1H. The number of hydrogen-bond donors (Lipinski definition) is 1. The van der Waals surface area contributed by atoms with Crippen molar-refractivity contribution in [3.8, 4) is 11.1 Å². The van der Waals surface area contributed by atoms with E-state index < -0.39 is 5.97 Å². The van der Waals surface area contributed by atoms with E-state index in [1.54, 1.807) is 0 Å². The third-order valence-corrected chi connectivity index (χ3v) is 4.99. The molecule has 4 nitrogen and oxygen atoms in total. The Bertz CT molecular complexity index is 778. The first-order valence-corrected chi connectivity index (χ1v) is 9.55. The number of ether oxygens (including phenoxy) is 1. The summed E-state index contributed by atoms with van der Waals surface area (Å²) >= 11 is 5.95. The van der Waals surface area contributed by atoms with Gasteiger partial charge in [-0.15, -0.1) is 12.4 Å². The van der Waals surface area contributed by atoms with Crippen LogP contribution < -0.4 is 0 Å². The number of halogens is 2. The molecule has 0 bridgehead atoms. The van der Waals surface area contributed by atoms with Gasteiger partial charge in [-0.1, -0.05) is 59.6 Å². The molecule has 1 fully saturated rings. The molecule has 0 amide bonds. The minimum Gasteiger partial charge on any atom is -0.480 e. The second-order valence-corrected chi connectivity index (χ2v) is 7.16. The summed E-state index contributed by atoms with van der Waals surface area (Å²) < 4.78 is 5.11. The molecule has 1 aliphatic rings. The Morgan fingerprint density at radius 1 is 1.04 bits per heavy atom. The molecule has 0 aromatic heterocycles. The van der Waals surface area contributed by atoms with Gasteiger partial charge < -0.3 is 14.7 Å². The molecule has 0 spiro atoms. The van der Waals surface area contributed by atoms with Crippen LogP contribution in [0.4, 0.5) is 0 Å². The van der Waals surface area contributed by atoms with Crippen LogP contribution in [0.3, 0.4) is 0 Å². The summed E-state index contributed by atoms with van der Waals surface area (Å²) in [4.78, 5) is 12.8. The molecular weight excluding hydrogens is 397 g/mol. The molecule has 0 unspecified atom stereocenters. The smallest absolute Gasteiger partial charge is 0.329 e. The molecule has 0 saturated carbocycles. The van der Waals surface area contributed by atoms with Gasteiger partial charge in [-0.3, -0.25) is 0 Å². The van der Waals surface area contributed by atoms with Crippen molar-refractivity contribution in [3.05, 3.63) is 64.7 Å². The third-order valence-electron chi connectivity index (χ3n) is 4.73. The highest BCUT2D eigenvalue weighted by atomic mass is 35.5. The van der Waals surface area contributed by atoms with Gasteiger partial charge in [0, 0.05) is 24.7 Å². The lowest BCUT2D eigenvalue weighted by atomic mass is 9.99. The van der Waals surface area contributed by atoms with Crippen LogP contribution in [0.15, 0.2) is 54.1 Å². The van der Waals surface area contributed by atoms with Gasteiger partial charge in [-0.25, -0.2) is 4.79 Å². The fourth-order valence-electron chi connectivity index (χ4n) is 3.21. The number of likely N-dealkylation sites (tertiary alicyclic amines) is 1. The van der Waals surface area contributed by atoms with E-state index in [1.165, 1.54) is 16.7 Å². The molecule has 0 aliphatic carbocycles. The first-order valence-electron chi connectivity index (χ1n) is 9.17. The molecule has 6 heteroatoms. The van der Waals surface area contributed by atoms with Crippen molar-refractivity contribution in [1.29, 1.82) is 0 Å². The fourth-order valence-corrected chi connectivity index (χ4v) is 3.34. The second-order valence-electron chi connectivity index (χ2n) is 6.72. The summed E-state index contributed by atoms with van der Waals surface area (Å²) in [6.07, 6.45) is 4.36. The van der Waals surface area contributed by atoms with Crippen molar-refractivity contribution in [2.45, 2.75) is 12.8 Å². The Labute approximate surface area is 177 Å². The predicted octanol–water partition coefficient (Wildman–Crippen LogP) is 5.01. The molecule has 150 valence electrons. The van der Waals surface area contributed by atoms with Gasteiger partial charge in [0.1, 0.15) is 6.61 Å². The lowest BCUT2D eigenvalue weighted by molar-refractivity contribution is -0.142. The molecule has 1 aliphatic heterocycles. The predicted molar refractivity (Wildman–Crippen MR) is 116 cm³/mol. The van der Waals surface area contributed by atoms with E-state index in [0.29, 0.717) is 6.61 Å². The highest BCUT2D eigenvalue weighted by Crippen LogP contribution is 2.24. The van der Waals surface area contributed by atoms with Gasteiger partial charge >= 0.3 is 5.97 Å². The van der Waals surface area contributed by atoms with Gasteiger partial charge in [0.25, 0.3) is 0 Å². The minimum atomic E-state index is -0.916. The number of rotatable bonds is 7. The number of piperidine rings is 1. The van der Waals surface area contributed by atoms with Crippen LogP contribution in [0.1, 0.15) is 18.4 Å². The molecule has 1 N–H and O–H groups in total. The van der Waals surface area contributed by atoms with E-state index in [0.717, 1.165) is 43.1 Å². The van der Waals surface area contributed by atoms with Crippen LogP contribution in [-0.2, 0) is 9.53 Å². The molecular formula is C22H25Cl2NO3. The topological polar surface area (TPSA) is 49.8 Å². The molecule has 1 heterocycles. The largest absolute Gasteiger partial charge is 0.480 e. The third kappa shape index (κ3) is 6.95. The molecule has 3 rings (SSSR count). The average molecular weight is 422 g/mol. The summed E-state index contributed by atoms with van der Waals surface area (Å²) in [5.41, 5.74) is 5.03. The summed E-state index contributed by atoms with van der Waals surface area (Å²) in [6, 6.07) is 16.5. The van der Waals surface area contributed by atoms with Crippen molar-refractivity contribution in [3.63, 3.8) is 0 Å². The van der Waals surface area contributed by atoms with E-state index in [2.05, 4.69) is 35.2 Å². The summed E-state index contributed by atoms with van der Waals surface area (Å²) in [5.74, 6) is -0.916. The zero-order valence-corrected chi connectivity index (χ0v) is 17.2. The number of carboxylic acids is 1. The van der Waals surface area contributed by atoms with Gasteiger partial charge in [-0.2, -0.15) is 0 Å². The Kier molecular flexibility index (Phi) is 9.00. The first kappa shape index (κ1) is 22.4. The zero-order chi connectivity index (χ0) is 19.1. The Balaban J connectivity index is 0.00000280. The Morgan fingerprint density at radius 2 is 1.61 bits per heavy atom. The van der Waals surface area contributed by atoms with Crippen molar-refractivity contribution < 1.29 is 14.6 Å². The maximum Gasteiger partial charge on any atom is 0.329 e. The van der Waals surface area contributed by atoms with Crippen LogP contribution in [0.2, 0.25) is 5.02 Å². The maximum absolute atomic E-state index is 10.4. The number of carbonyl (C=O) groups is 1. The number of benzene rings is 2. The van der Waals surface area contributed by atoms with Gasteiger partial charge in [0.15, 0.2) is 0 Å². The van der Waals surface area contributed by atoms with E-state index >= 15 is 0 Å². The van der Waals surface area contributed by atoms with E-state index in [4.69, 9.17) is 21.4 Å². The Morgan fingerprint density at radius 3 is 2.18 bits per heavy atom. The van der Waals surface area contributed by atoms with Gasteiger partial charge in [0.05, 0.1) is 6.61 Å². The SMILES string of the molecule is Cl.O=C(O)COCCN1CCC(=Cc2ccc(-c3ccc(Cl)cc3)cc2)CC1. The van der Waals surface area contributed by atoms with Crippen LogP contribution in [0, 0.1) is 0 Å². The molecule has 2 aromatic rings. The van der Waals surface area contributed by atoms with Crippen LogP contribution in [0.25, 0.3) is 17.2 Å². The summed E-state index contributed by atoms with van der Waals surface area (Å²) in [7, 11) is 0. The van der Waals surface area contributed by atoms with E-state index in [-0.39, 0.29) is 19.0 Å². The normalized spacial score (nSPS) is 14.4. The van der Waals surface area contributed by atoms with Crippen molar-refractivity contribution in [2.24, 2.45) is 0 Å².